The van der Waals surface area contributed by atoms with Gasteiger partial charge in [0.05, 0.1) is 11.4 Å². The molecular formula is C29H34FN3O4S. The highest BCUT2D eigenvalue weighted by Crippen LogP contribution is 2.19. The molecule has 0 unspecified atom stereocenters. The van der Waals surface area contributed by atoms with Gasteiger partial charge in [0.25, 0.3) is 0 Å². The predicted octanol–water partition coefficient (Wildman–Crippen LogP) is 3.92. The second-order valence-electron chi connectivity index (χ2n) is 9.59. The van der Waals surface area contributed by atoms with E-state index in [4.69, 9.17) is 0 Å². The first-order valence-electron chi connectivity index (χ1n) is 12.4. The molecule has 3 aromatic rings. The number of sulfonamides is 1. The average molecular weight is 540 g/mol. The maximum Gasteiger partial charge on any atom is 0.243 e. The van der Waals surface area contributed by atoms with E-state index in [0.717, 1.165) is 15.4 Å². The number of benzene rings is 3. The smallest absolute Gasteiger partial charge is 0.243 e. The molecule has 0 aromatic heterocycles. The molecular weight excluding hydrogens is 505 g/mol. The summed E-state index contributed by atoms with van der Waals surface area (Å²) in [6.07, 6.45) is 0.223. The maximum atomic E-state index is 13.7. The first kappa shape index (κ1) is 29.0. The minimum atomic E-state index is -3.95. The Labute approximate surface area is 224 Å². The third kappa shape index (κ3) is 7.72. The first-order chi connectivity index (χ1) is 18.0. The average Bonchev–Trinajstić information content (AvgIpc) is 2.87. The van der Waals surface area contributed by atoms with Crippen LogP contribution >= 0.6 is 0 Å². The van der Waals surface area contributed by atoms with Gasteiger partial charge >= 0.3 is 0 Å². The van der Waals surface area contributed by atoms with Gasteiger partial charge in [0.2, 0.25) is 21.8 Å². The molecule has 0 radical (unpaired) electrons. The summed E-state index contributed by atoms with van der Waals surface area (Å²) in [4.78, 5) is 28.6. The normalized spacial score (nSPS) is 12.4. The molecule has 2 amide bonds. The molecule has 9 heteroatoms. The first-order valence-corrected chi connectivity index (χ1v) is 13.8. The van der Waals surface area contributed by atoms with Crippen LogP contribution in [0.3, 0.4) is 0 Å². The highest BCUT2D eigenvalue weighted by Gasteiger charge is 2.33. The predicted molar refractivity (Wildman–Crippen MR) is 145 cm³/mol. The fraction of sp³-hybridized carbons (Fsp3) is 0.310. The summed E-state index contributed by atoms with van der Waals surface area (Å²) in [5.74, 6) is -1.33. The lowest BCUT2D eigenvalue weighted by atomic mass is 10.0. The van der Waals surface area contributed by atoms with Crippen molar-refractivity contribution in [2.75, 3.05) is 13.6 Å². The molecule has 1 N–H and O–H groups in total. The number of nitrogens with zero attached hydrogens (tertiary/aromatic N) is 2. The zero-order valence-corrected chi connectivity index (χ0v) is 22.9. The van der Waals surface area contributed by atoms with E-state index in [1.165, 1.54) is 36.2 Å². The zero-order valence-electron chi connectivity index (χ0n) is 22.1. The summed E-state index contributed by atoms with van der Waals surface area (Å²) in [5.41, 5.74) is 2.36. The number of likely N-dealkylation sites (N-methyl/N-ethyl adjacent to an activating group) is 1. The van der Waals surface area contributed by atoms with E-state index in [-0.39, 0.29) is 29.8 Å². The number of nitrogens with one attached hydrogen (secondary N) is 1. The van der Waals surface area contributed by atoms with Gasteiger partial charge in [-0.25, -0.2) is 12.8 Å². The van der Waals surface area contributed by atoms with Crippen molar-refractivity contribution in [3.63, 3.8) is 0 Å². The quantitative estimate of drug-likeness (QED) is 0.400. The minimum absolute atomic E-state index is 0.000544. The lowest BCUT2D eigenvalue weighted by Gasteiger charge is -2.33. The van der Waals surface area contributed by atoms with Gasteiger partial charge < -0.3 is 10.2 Å². The summed E-state index contributed by atoms with van der Waals surface area (Å²) in [6.45, 7) is 5.03. The number of carbonyl (C=O) groups excluding carboxylic acids is 2. The summed E-state index contributed by atoms with van der Waals surface area (Å²) >= 11 is 0. The van der Waals surface area contributed by atoms with Crippen molar-refractivity contribution in [1.82, 2.24) is 14.5 Å². The highest BCUT2D eigenvalue weighted by molar-refractivity contribution is 7.89. The van der Waals surface area contributed by atoms with Crippen LogP contribution < -0.4 is 5.32 Å². The number of hydrogen-bond donors (Lipinski definition) is 1. The summed E-state index contributed by atoms with van der Waals surface area (Å²) in [5, 5.41) is 2.88. The molecule has 3 aromatic carbocycles. The van der Waals surface area contributed by atoms with Gasteiger partial charge in [0, 0.05) is 26.1 Å². The number of rotatable bonds is 11. The second-order valence-corrected chi connectivity index (χ2v) is 11.6. The topological polar surface area (TPSA) is 86.8 Å². The molecule has 202 valence electrons. The fourth-order valence-corrected chi connectivity index (χ4v) is 5.10. The molecule has 0 saturated heterocycles. The van der Waals surface area contributed by atoms with Crippen LogP contribution in [-0.4, -0.2) is 55.1 Å². The van der Waals surface area contributed by atoms with E-state index >= 15 is 0 Å². The lowest BCUT2D eigenvalue weighted by molar-refractivity contribution is -0.141. The van der Waals surface area contributed by atoms with E-state index in [2.05, 4.69) is 5.32 Å². The zero-order chi connectivity index (χ0) is 27.9. The van der Waals surface area contributed by atoms with E-state index in [9.17, 15) is 22.4 Å². The van der Waals surface area contributed by atoms with Crippen LogP contribution in [0.2, 0.25) is 0 Å². The van der Waals surface area contributed by atoms with Gasteiger partial charge in [-0.05, 0) is 56.2 Å². The summed E-state index contributed by atoms with van der Waals surface area (Å²) in [7, 11) is -2.61. The van der Waals surface area contributed by atoms with Crippen molar-refractivity contribution in [2.24, 2.45) is 0 Å². The fourth-order valence-electron chi connectivity index (χ4n) is 3.98. The maximum absolute atomic E-state index is 13.7. The minimum Gasteiger partial charge on any atom is -0.352 e. The number of aryl methyl sites for hydroxylation is 1. The third-order valence-electron chi connectivity index (χ3n) is 6.06. The van der Waals surface area contributed by atoms with Gasteiger partial charge in [-0.3, -0.25) is 9.59 Å². The molecule has 38 heavy (non-hydrogen) atoms. The monoisotopic (exact) mass is 539 g/mol. The molecule has 0 heterocycles. The third-order valence-corrected chi connectivity index (χ3v) is 7.87. The van der Waals surface area contributed by atoms with E-state index in [1.807, 2.05) is 51.1 Å². The molecule has 7 nitrogen and oxygen atoms in total. The Hall–Kier alpha value is -3.56. The van der Waals surface area contributed by atoms with E-state index < -0.39 is 34.3 Å². The Morgan fingerprint density at radius 3 is 2.08 bits per heavy atom. The number of hydrogen-bond acceptors (Lipinski definition) is 4. The van der Waals surface area contributed by atoms with Crippen LogP contribution in [0.4, 0.5) is 4.39 Å². The second kappa shape index (κ2) is 12.8. The Balaban J connectivity index is 1.96. The molecule has 3 rings (SSSR count). The number of halogens is 1. The SMILES string of the molecule is Cc1ccc(S(=O)(=O)N(C)CC(=O)N(Cc2ccc(F)cc2)[C@@H](Cc2ccccc2)C(=O)NC(C)C)cc1. The van der Waals surface area contributed by atoms with Crippen molar-refractivity contribution in [1.29, 1.82) is 0 Å². The standard InChI is InChI=1S/C29H34FN3O4S/c1-21(2)31-29(35)27(18-23-8-6-5-7-9-23)33(19-24-12-14-25(30)15-13-24)28(34)20-32(4)38(36,37)26-16-10-22(3)11-17-26/h5-17,21,27H,18-20H2,1-4H3,(H,31,35)/t27-/m0/s1. The van der Waals surface area contributed by atoms with Gasteiger partial charge in [-0.2, -0.15) is 4.31 Å². The molecule has 0 spiro atoms. The molecule has 0 saturated carbocycles. The van der Waals surface area contributed by atoms with Crippen LogP contribution in [0.5, 0.6) is 0 Å². The van der Waals surface area contributed by atoms with Crippen molar-refractivity contribution in [2.45, 2.75) is 50.7 Å². The molecule has 0 aliphatic heterocycles. The Bertz CT molecular complexity index is 1330. The van der Waals surface area contributed by atoms with Crippen LogP contribution in [-0.2, 0) is 32.6 Å². The van der Waals surface area contributed by atoms with Gasteiger partial charge in [0.1, 0.15) is 11.9 Å². The highest BCUT2D eigenvalue weighted by atomic mass is 32.2. The van der Waals surface area contributed by atoms with E-state index in [0.29, 0.717) is 5.56 Å². The molecule has 0 fully saturated rings. The van der Waals surface area contributed by atoms with Crippen molar-refractivity contribution >= 4 is 21.8 Å². The van der Waals surface area contributed by atoms with Crippen molar-refractivity contribution in [3.05, 3.63) is 101 Å². The Morgan fingerprint density at radius 2 is 1.50 bits per heavy atom. The van der Waals surface area contributed by atoms with Gasteiger partial charge in [-0.15, -0.1) is 0 Å². The Morgan fingerprint density at radius 1 is 0.895 bits per heavy atom. The van der Waals surface area contributed by atoms with Crippen LogP contribution in [0.15, 0.2) is 83.8 Å². The summed E-state index contributed by atoms with van der Waals surface area (Å²) in [6, 6.07) is 20.2. The molecule has 1 atom stereocenters. The number of carbonyl (C=O) groups is 2. The van der Waals surface area contributed by atoms with Crippen LogP contribution in [0, 0.1) is 12.7 Å². The number of amides is 2. The molecule has 0 bridgehead atoms. The largest absolute Gasteiger partial charge is 0.352 e. The van der Waals surface area contributed by atoms with Crippen LogP contribution in [0.1, 0.15) is 30.5 Å². The lowest BCUT2D eigenvalue weighted by Crippen LogP contribution is -2.53. The Kier molecular flexibility index (Phi) is 9.77. The van der Waals surface area contributed by atoms with Gasteiger partial charge in [-0.1, -0.05) is 60.2 Å². The molecule has 0 aliphatic rings. The van der Waals surface area contributed by atoms with Gasteiger partial charge in [0.15, 0.2) is 0 Å². The van der Waals surface area contributed by atoms with Crippen LogP contribution in [0.25, 0.3) is 0 Å². The van der Waals surface area contributed by atoms with Crippen molar-refractivity contribution in [3.8, 4) is 0 Å². The van der Waals surface area contributed by atoms with Crippen molar-refractivity contribution < 1.29 is 22.4 Å². The summed E-state index contributed by atoms with van der Waals surface area (Å²) < 4.78 is 40.9. The molecule has 0 aliphatic carbocycles. The van der Waals surface area contributed by atoms with E-state index in [1.54, 1.807) is 24.3 Å².